The highest BCUT2D eigenvalue weighted by Gasteiger charge is 2.20. The van der Waals surface area contributed by atoms with Crippen LogP contribution in [0.1, 0.15) is 6.42 Å². The summed E-state index contributed by atoms with van der Waals surface area (Å²) in [5.74, 6) is 2.09. The van der Waals surface area contributed by atoms with E-state index in [4.69, 9.17) is 10.2 Å². The number of thioether (sulfide) groups is 2. The Morgan fingerprint density at radius 3 is 2.72 bits per heavy atom. The van der Waals surface area contributed by atoms with Crippen molar-refractivity contribution in [2.75, 3.05) is 30.4 Å². The van der Waals surface area contributed by atoms with Crippen molar-refractivity contribution in [3.8, 4) is 0 Å². The molecule has 1 rings (SSSR count). The molecule has 0 aromatic carbocycles. The smallest absolute Gasteiger partial charge is 0.326 e. The average molecular weight is 294 g/mol. The van der Waals surface area contributed by atoms with Crippen LogP contribution >= 0.6 is 23.5 Å². The molecule has 2 atom stereocenters. The first-order chi connectivity index (χ1) is 8.63. The molecule has 0 bridgehead atoms. The van der Waals surface area contributed by atoms with Gasteiger partial charge in [-0.2, -0.15) is 23.5 Å². The van der Waals surface area contributed by atoms with Crippen molar-refractivity contribution in [3.05, 3.63) is 0 Å². The lowest BCUT2D eigenvalue weighted by atomic mass is 10.2. The summed E-state index contributed by atoms with van der Waals surface area (Å²) in [6.45, 7) is 0.265. The van der Waals surface area contributed by atoms with E-state index < -0.39 is 18.0 Å². The molecule has 0 saturated carbocycles. The van der Waals surface area contributed by atoms with Crippen LogP contribution in [-0.4, -0.2) is 63.9 Å². The molecule has 18 heavy (non-hydrogen) atoms. The second-order valence-corrected chi connectivity index (χ2v) is 6.38. The summed E-state index contributed by atoms with van der Waals surface area (Å²) in [5.41, 5.74) is 0. The van der Waals surface area contributed by atoms with Crippen LogP contribution in [0.2, 0.25) is 0 Å². The van der Waals surface area contributed by atoms with Crippen LogP contribution in [0.15, 0.2) is 0 Å². The van der Waals surface area contributed by atoms with Gasteiger partial charge in [0.1, 0.15) is 6.04 Å². The summed E-state index contributed by atoms with van der Waals surface area (Å²) < 4.78 is 0. The number of aliphatic hydroxyl groups is 1. The molecule has 1 fully saturated rings. The highest BCUT2D eigenvalue weighted by Crippen LogP contribution is 2.23. The minimum Gasteiger partial charge on any atom is -0.480 e. The van der Waals surface area contributed by atoms with Crippen LogP contribution in [0.25, 0.3) is 0 Å². The molecule has 0 aliphatic carbocycles. The van der Waals surface area contributed by atoms with Gasteiger partial charge in [-0.3, -0.25) is 0 Å². The van der Waals surface area contributed by atoms with E-state index in [1.807, 2.05) is 23.5 Å². The van der Waals surface area contributed by atoms with Gasteiger partial charge in [0.15, 0.2) is 0 Å². The molecular weight excluding hydrogens is 276 g/mol. The molecule has 0 radical (unpaired) electrons. The van der Waals surface area contributed by atoms with Gasteiger partial charge in [-0.05, 0) is 0 Å². The number of nitrogens with one attached hydrogen (secondary N) is 2. The Hall–Kier alpha value is -0.600. The van der Waals surface area contributed by atoms with Crippen LogP contribution < -0.4 is 10.6 Å². The Bertz CT molecular complexity index is 285. The van der Waals surface area contributed by atoms with Crippen molar-refractivity contribution in [3.63, 3.8) is 0 Å². The number of hydrogen-bond donors (Lipinski definition) is 4. The van der Waals surface area contributed by atoms with Crippen molar-refractivity contribution in [2.24, 2.45) is 0 Å². The molecule has 1 aliphatic rings. The fourth-order valence-corrected chi connectivity index (χ4v) is 4.07. The van der Waals surface area contributed by atoms with Crippen molar-refractivity contribution < 1.29 is 19.8 Å². The van der Waals surface area contributed by atoms with E-state index in [2.05, 4.69) is 10.6 Å². The molecule has 1 heterocycles. The average Bonchev–Trinajstić information content (AvgIpc) is 2.37. The van der Waals surface area contributed by atoms with Gasteiger partial charge in [0, 0.05) is 42.1 Å². The fraction of sp³-hybridized carbons (Fsp3) is 0.800. The maximum absolute atomic E-state index is 11.5. The highest BCUT2D eigenvalue weighted by atomic mass is 32.2. The van der Waals surface area contributed by atoms with Crippen molar-refractivity contribution in [2.45, 2.75) is 17.7 Å². The zero-order chi connectivity index (χ0) is 13.4. The van der Waals surface area contributed by atoms with Crippen LogP contribution in [0.5, 0.6) is 0 Å². The lowest BCUT2D eigenvalue weighted by molar-refractivity contribution is -0.139. The standard InChI is InChI=1S/C10H18N2O4S2/c13-2-1-8(9(14)15)12-10(16)11-5-7-6-17-3-4-18-7/h7-8,13H,1-6H2,(H,14,15)(H2,11,12,16). The SMILES string of the molecule is O=C(NCC1CSCCS1)NC(CCO)C(=O)O. The molecule has 8 heteroatoms. The van der Waals surface area contributed by atoms with Gasteiger partial charge in [-0.25, -0.2) is 9.59 Å². The van der Waals surface area contributed by atoms with E-state index in [9.17, 15) is 9.59 Å². The molecule has 2 unspecified atom stereocenters. The molecule has 6 nitrogen and oxygen atoms in total. The van der Waals surface area contributed by atoms with E-state index in [1.54, 1.807) is 0 Å². The Kier molecular flexibility index (Phi) is 7.29. The largest absolute Gasteiger partial charge is 0.480 e. The number of carbonyl (C=O) groups excluding carboxylic acids is 1. The predicted octanol–water partition coefficient (Wildman–Crippen LogP) is -0.0302. The number of carbonyl (C=O) groups is 2. The zero-order valence-electron chi connectivity index (χ0n) is 9.92. The summed E-state index contributed by atoms with van der Waals surface area (Å²) in [6.07, 6.45) is 0.0107. The molecule has 0 spiro atoms. The Labute approximate surface area is 114 Å². The molecule has 4 N–H and O–H groups in total. The van der Waals surface area contributed by atoms with Gasteiger partial charge in [-0.1, -0.05) is 0 Å². The third-order valence-corrected chi connectivity index (χ3v) is 5.24. The number of aliphatic hydroxyl groups excluding tert-OH is 1. The summed E-state index contributed by atoms with van der Waals surface area (Å²) in [5, 5.41) is 22.9. The lowest BCUT2D eigenvalue weighted by Gasteiger charge is -2.21. The van der Waals surface area contributed by atoms with Crippen LogP contribution in [-0.2, 0) is 4.79 Å². The topological polar surface area (TPSA) is 98.7 Å². The van der Waals surface area contributed by atoms with Gasteiger partial charge in [0.25, 0.3) is 0 Å². The van der Waals surface area contributed by atoms with Crippen LogP contribution in [0.4, 0.5) is 4.79 Å². The van der Waals surface area contributed by atoms with Gasteiger partial charge < -0.3 is 20.8 Å². The second-order valence-electron chi connectivity index (χ2n) is 3.83. The first kappa shape index (κ1) is 15.5. The van der Waals surface area contributed by atoms with E-state index in [0.29, 0.717) is 11.8 Å². The molecule has 1 saturated heterocycles. The second kappa shape index (κ2) is 8.49. The van der Waals surface area contributed by atoms with Crippen LogP contribution in [0.3, 0.4) is 0 Å². The summed E-state index contributed by atoms with van der Waals surface area (Å²) in [7, 11) is 0. The minimum atomic E-state index is -1.14. The van der Waals surface area contributed by atoms with Gasteiger partial charge in [0.2, 0.25) is 0 Å². The Morgan fingerprint density at radius 1 is 1.39 bits per heavy atom. The van der Waals surface area contributed by atoms with E-state index in [1.165, 1.54) is 0 Å². The van der Waals surface area contributed by atoms with Gasteiger partial charge >= 0.3 is 12.0 Å². The number of urea groups is 1. The maximum atomic E-state index is 11.5. The monoisotopic (exact) mass is 294 g/mol. The first-order valence-electron chi connectivity index (χ1n) is 5.71. The van der Waals surface area contributed by atoms with E-state index in [-0.39, 0.29) is 13.0 Å². The van der Waals surface area contributed by atoms with Crippen molar-refractivity contribution >= 4 is 35.5 Å². The maximum Gasteiger partial charge on any atom is 0.326 e. The van der Waals surface area contributed by atoms with Gasteiger partial charge in [-0.15, -0.1) is 0 Å². The molecule has 104 valence electrons. The number of aliphatic carboxylic acids is 1. The number of hydrogen-bond acceptors (Lipinski definition) is 5. The lowest BCUT2D eigenvalue weighted by Crippen LogP contribution is -2.48. The molecular formula is C10H18N2O4S2. The normalized spacial score (nSPS) is 21.1. The number of rotatable bonds is 6. The molecule has 2 amide bonds. The predicted molar refractivity (Wildman–Crippen MR) is 73.2 cm³/mol. The minimum absolute atomic E-state index is 0.0107. The first-order valence-corrected chi connectivity index (χ1v) is 7.91. The summed E-state index contributed by atoms with van der Waals surface area (Å²) >= 11 is 3.68. The molecule has 1 aliphatic heterocycles. The van der Waals surface area contributed by atoms with Crippen LogP contribution in [0, 0.1) is 0 Å². The third kappa shape index (κ3) is 5.83. The molecule has 0 aromatic heterocycles. The quantitative estimate of drug-likeness (QED) is 0.549. The van der Waals surface area contributed by atoms with Crippen molar-refractivity contribution in [1.82, 2.24) is 10.6 Å². The number of amides is 2. The Morgan fingerprint density at radius 2 is 2.17 bits per heavy atom. The number of carboxylic acids is 1. The fourth-order valence-electron chi connectivity index (χ4n) is 1.46. The highest BCUT2D eigenvalue weighted by molar-refractivity contribution is 8.06. The molecule has 0 aromatic rings. The van der Waals surface area contributed by atoms with E-state index in [0.717, 1.165) is 17.3 Å². The third-order valence-electron chi connectivity index (χ3n) is 2.40. The number of carboxylic acid groups (broad SMARTS) is 1. The summed E-state index contributed by atoms with van der Waals surface area (Å²) in [6, 6.07) is -1.53. The Balaban J connectivity index is 2.24. The van der Waals surface area contributed by atoms with E-state index >= 15 is 0 Å². The summed E-state index contributed by atoms with van der Waals surface area (Å²) in [4.78, 5) is 22.3. The zero-order valence-corrected chi connectivity index (χ0v) is 11.6. The van der Waals surface area contributed by atoms with Crippen molar-refractivity contribution in [1.29, 1.82) is 0 Å². The van der Waals surface area contributed by atoms with Gasteiger partial charge in [0.05, 0.1) is 0 Å².